The summed E-state index contributed by atoms with van der Waals surface area (Å²) in [7, 11) is 3.02. The SMILES string of the molecule is COc1ccc(F)cc1[C@@H](O)Cn1c(=O)n([C@H](C)C(=O)N(C)C(C)C)c(=O)c2c(C)c(I)sc21. The van der Waals surface area contributed by atoms with Crippen LogP contribution in [0.2, 0.25) is 0 Å². The lowest BCUT2D eigenvalue weighted by Gasteiger charge is -2.26. The Labute approximate surface area is 213 Å². The standard InChI is InChI=1S/C23H27FIN3O5S/c1-11(2)26(5)20(30)13(4)28-21(31)18-12(3)19(25)34-22(18)27(23(28)32)10-16(29)15-9-14(24)7-8-17(15)33-6/h7-9,11,13,16,29H,10H2,1-6H3/t13-,16+/m1/s1. The number of benzene rings is 1. The Balaban J connectivity index is 2.24. The number of methoxy groups -OCH3 is 1. The Morgan fingerprint density at radius 3 is 2.53 bits per heavy atom. The van der Waals surface area contributed by atoms with Crippen LogP contribution in [0.1, 0.15) is 44.0 Å². The van der Waals surface area contributed by atoms with E-state index in [4.69, 9.17) is 4.74 Å². The van der Waals surface area contributed by atoms with E-state index in [-0.39, 0.29) is 29.8 Å². The first-order chi connectivity index (χ1) is 15.9. The molecule has 0 radical (unpaired) electrons. The first-order valence-corrected chi connectivity index (χ1v) is 12.5. The molecule has 1 N–H and O–H groups in total. The minimum absolute atomic E-state index is 0.122. The molecule has 2 heterocycles. The molecule has 3 aromatic rings. The highest BCUT2D eigenvalue weighted by molar-refractivity contribution is 14.1. The van der Waals surface area contributed by atoms with Crippen molar-refractivity contribution in [2.45, 2.75) is 52.4 Å². The lowest BCUT2D eigenvalue weighted by molar-refractivity contribution is -0.134. The first-order valence-electron chi connectivity index (χ1n) is 10.6. The Bertz CT molecular complexity index is 1360. The van der Waals surface area contributed by atoms with Crippen LogP contribution in [0.15, 0.2) is 27.8 Å². The molecule has 0 bridgehead atoms. The number of carbonyl (C=O) groups excluding carboxylic acids is 1. The molecule has 0 fully saturated rings. The number of aliphatic hydroxyl groups is 1. The van der Waals surface area contributed by atoms with E-state index >= 15 is 0 Å². The van der Waals surface area contributed by atoms with Crippen molar-refractivity contribution in [3.05, 3.63) is 58.9 Å². The van der Waals surface area contributed by atoms with Crippen LogP contribution in [0.4, 0.5) is 4.39 Å². The van der Waals surface area contributed by atoms with E-state index < -0.39 is 29.2 Å². The zero-order valence-corrected chi connectivity index (χ0v) is 22.7. The number of aliphatic hydroxyl groups excluding tert-OH is 1. The van der Waals surface area contributed by atoms with Gasteiger partial charge in [0.05, 0.1) is 21.9 Å². The second-order valence-corrected chi connectivity index (χ2v) is 11.2. The molecule has 11 heteroatoms. The van der Waals surface area contributed by atoms with Gasteiger partial charge < -0.3 is 14.7 Å². The van der Waals surface area contributed by atoms with E-state index in [1.54, 1.807) is 14.0 Å². The normalized spacial score (nSPS) is 13.4. The van der Waals surface area contributed by atoms with Gasteiger partial charge in [-0.15, -0.1) is 11.3 Å². The molecule has 2 aromatic heterocycles. The van der Waals surface area contributed by atoms with Crippen LogP contribution in [0.5, 0.6) is 5.75 Å². The minimum Gasteiger partial charge on any atom is -0.496 e. The van der Waals surface area contributed by atoms with Crippen LogP contribution >= 0.6 is 33.9 Å². The third-order valence-corrected chi connectivity index (χ3v) is 8.53. The van der Waals surface area contributed by atoms with Crippen LogP contribution in [-0.2, 0) is 11.3 Å². The quantitative estimate of drug-likeness (QED) is 0.418. The maximum atomic E-state index is 13.9. The molecule has 0 aliphatic rings. The number of hydrogen-bond donors (Lipinski definition) is 1. The molecule has 0 saturated heterocycles. The Morgan fingerprint density at radius 1 is 1.29 bits per heavy atom. The summed E-state index contributed by atoms with van der Waals surface area (Å²) < 4.78 is 22.2. The zero-order chi connectivity index (χ0) is 25.5. The van der Waals surface area contributed by atoms with E-state index in [0.29, 0.717) is 15.8 Å². The summed E-state index contributed by atoms with van der Waals surface area (Å²) in [5.74, 6) is -0.671. The fourth-order valence-electron chi connectivity index (χ4n) is 3.74. The summed E-state index contributed by atoms with van der Waals surface area (Å²) >= 11 is 3.34. The molecule has 0 unspecified atom stereocenters. The van der Waals surface area contributed by atoms with Gasteiger partial charge in [0, 0.05) is 18.7 Å². The Kier molecular flexibility index (Phi) is 7.88. The fraction of sp³-hybridized carbons (Fsp3) is 0.435. The van der Waals surface area contributed by atoms with Crippen LogP contribution in [-0.4, -0.2) is 45.2 Å². The molecule has 2 atom stereocenters. The van der Waals surface area contributed by atoms with Crippen molar-refractivity contribution in [2.75, 3.05) is 14.2 Å². The molecule has 3 rings (SSSR count). The Morgan fingerprint density at radius 2 is 1.94 bits per heavy atom. The van der Waals surface area contributed by atoms with Gasteiger partial charge in [0.25, 0.3) is 5.56 Å². The fourth-order valence-corrected chi connectivity index (χ4v) is 5.66. The lowest BCUT2D eigenvalue weighted by Crippen LogP contribution is -2.47. The van der Waals surface area contributed by atoms with Crippen molar-refractivity contribution in [3.8, 4) is 5.75 Å². The van der Waals surface area contributed by atoms with Gasteiger partial charge in [-0.3, -0.25) is 14.2 Å². The summed E-state index contributed by atoms with van der Waals surface area (Å²) in [5, 5.41) is 11.3. The summed E-state index contributed by atoms with van der Waals surface area (Å²) in [4.78, 5) is 41.9. The number of carbonyl (C=O) groups is 1. The highest BCUT2D eigenvalue weighted by Gasteiger charge is 2.29. The molecule has 1 aromatic carbocycles. The number of hydrogen-bond acceptors (Lipinski definition) is 6. The minimum atomic E-state index is -1.30. The van der Waals surface area contributed by atoms with E-state index in [2.05, 4.69) is 22.6 Å². The number of thiophene rings is 1. The van der Waals surface area contributed by atoms with Crippen molar-refractivity contribution in [2.24, 2.45) is 0 Å². The molecule has 0 aliphatic heterocycles. The van der Waals surface area contributed by atoms with Gasteiger partial charge >= 0.3 is 5.69 Å². The maximum absolute atomic E-state index is 13.9. The highest BCUT2D eigenvalue weighted by atomic mass is 127. The molecule has 0 saturated carbocycles. The molecule has 1 amide bonds. The van der Waals surface area contributed by atoms with E-state index in [1.165, 1.54) is 47.0 Å². The largest absolute Gasteiger partial charge is 0.496 e. The number of fused-ring (bicyclic) bond motifs is 1. The lowest BCUT2D eigenvalue weighted by atomic mass is 10.1. The predicted octanol–water partition coefficient (Wildman–Crippen LogP) is 3.45. The van der Waals surface area contributed by atoms with Crippen molar-refractivity contribution in [3.63, 3.8) is 0 Å². The average molecular weight is 603 g/mol. The monoisotopic (exact) mass is 603 g/mol. The van der Waals surface area contributed by atoms with Gasteiger partial charge in [0.1, 0.15) is 28.5 Å². The summed E-state index contributed by atoms with van der Waals surface area (Å²) in [6.45, 7) is 6.71. The number of halogens is 2. The second-order valence-electron chi connectivity index (χ2n) is 8.37. The van der Waals surface area contributed by atoms with Gasteiger partial charge in [-0.25, -0.2) is 13.8 Å². The third-order valence-electron chi connectivity index (χ3n) is 5.96. The van der Waals surface area contributed by atoms with Gasteiger partial charge in [-0.05, 0) is 74.0 Å². The number of likely N-dealkylation sites (N-methyl/N-ethyl adjacent to an activating group) is 1. The van der Waals surface area contributed by atoms with Gasteiger partial charge in [-0.1, -0.05) is 0 Å². The van der Waals surface area contributed by atoms with Crippen LogP contribution in [0, 0.1) is 15.6 Å². The number of aromatic nitrogens is 2. The highest BCUT2D eigenvalue weighted by Crippen LogP contribution is 2.32. The van der Waals surface area contributed by atoms with Crippen molar-refractivity contribution in [1.29, 1.82) is 0 Å². The first kappa shape index (κ1) is 26.4. The average Bonchev–Trinajstić information content (AvgIpc) is 3.09. The topological polar surface area (TPSA) is 93.8 Å². The summed E-state index contributed by atoms with van der Waals surface area (Å²) in [6.07, 6.45) is -1.30. The number of nitrogens with zero attached hydrogens (tertiary/aromatic N) is 3. The summed E-state index contributed by atoms with van der Waals surface area (Å²) in [5.41, 5.74) is -0.402. The van der Waals surface area contributed by atoms with Crippen LogP contribution in [0.3, 0.4) is 0 Å². The Hall–Kier alpha value is -2.25. The molecular weight excluding hydrogens is 576 g/mol. The van der Waals surface area contributed by atoms with Gasteiger partial charge in [0.2, 0.25) is 5.91 Å². The molecule has 0 aliphatic carbocycles. The molecular formula is C23H27FIN3O5S. The molecule has 184 valence electrons. The number of aryl methyl sites for hydroxylation is 1. The van der Waals surface area contributed by atoms with Gasteiger partial charge in [-0.2, -0.15) is 0 Å². The number of amides is 1. The third kappa shape index (κ3) is 4.65. The van der Waals surface area contributed by atoms with E-state index in [9.17, 15) is 23.9 Å². The van der Waals surface area contributed by atoms with E-state index in [1.807, 2.05) is 13.8 Å². The number of rotatable bonds is 7. The number of ether oxygens (including phenoxy) is 1. The van der Waals surface area contributed by atoms with Crippen molar-refractivity contribution >= 4 is 50.1 Å². The maximum Gasteiger partial charge on any atom is 0.332 e. The van der Waals surface area contributed by atoms with Crippen LogP contribution in [0.25, 0.3) is 10.2 Å². The van der Waals surface area contributed by atoms with E-state index in [0.717, 1.165) is 13.5 Å². The zero-order valence-electron chi connectivity index (χ0n) is 19.8. The predicted molar refractivity (Wildman–Crippen MR) is 138 cm³/mol. The van der Waals surface area contributed by atoms with Gasteiger partial charge in [0.15, 0.2) is 0 Å². The molecule has 34 heavy (non-hydrogen) atoms. The van der Waals surface area contributed by atoms with Crippen molar-refractivity contribution < 1.29 is 19.0 Å². The summed E-state index contributed by atoms with van der Waals surface area (Å²) in [6, 6.07) is 2.58. The molecule has 0 spiro atoms. The van der Waals surface area contributed by atoms with Crippen molar-refractivity contribution in [1.82, 2.24) is 14.0 Å². The van der Waals surface area contributed by atoms with Crippen LogP contribution < -0.4 is 16.0 Å². The second kappa shape index (κ2) is 10.2. The smallest absolute Gasteiger partial charge is 0.332 e. The molecule has 8 nitrogen and oxygen atoms in total.